The highest BCUT2D eigenvalue weighted by molar-refractivity contribution is 7.99. The number of nitrogens with zero attached hydrogens (tertiary/aromatic N) is 4. The van der Waals surface area contributed by atoms with Crippen LogP contribution in [-0.4, -0.2) is 63.7 Å². The van der Waals surface area contributed by atoms with Gasteiger partial charge in [0, 0.05) is 56.6 Å². The molecule has 1 aliphatic rings. The first-order valence-corrected chi connectivity index (χ1v) is 9.45. The third-order valence-corrected chi connectivity index (χ3v) is 5.27. The molecule has 1 aromatic carbocycles. The maximum absolute atomic E-state index is 12.8. The van der Waals surface area contributed by atoms with Crippen molar-refractivity contribution < 1.29 is 4.79 Å². The van der Waals surface area contributed by atoms with Gasteiger partial charge in [-0.2, -0.15) is 0 Å². The van der Waals surface area contributed by atoms with E-state index < -0.39 is 0 Å². The first kappa shape index (κ1) is 17.0. The maximum Gasteiger partial charge on any atom is 0.255 e. The number of carbonyl (C=O) groups excluding carboxylic acids is 1. The Hall–Kier alpha value is -1.79. The minimum Gasteiger partial charge on any atom is -0.336 e. The Labute approximate surface area is 147 Å². The molecule has 1 aliphatic heterocycles. The lowest BCUT2D eigenvalue weighted by atomic mass is 10.2. The summed E-state index contributed by atoms with van der Waals surface area (Å²) in [6.07, 6.45) is 5.65. The molecular formula is C18H24N4OS. The fourth-order valence-electron chi connectivity index (χ4n) is 2.95. The number of aromatic nitrogens is 2. The zero-order chi connectivity index (χ0) is 16.8. The predicted molar refractivity (Wildman–Crippen MR) is 97.4 cm³/mol. The van der Waals surface area contributed by atoms with Crippen LogP contribution in [0.4, 0.5) is 0 Å². The molecule has 0 aliphatic carbocycles. The Morgan fingerprint density at radius 3 is 2.67 bits per heavy atom. The molecule has 0 bridgehead atoms. The van der Waals surface area contributed by atoms with Gasteiger partial charge in [0.2, 0.25) is 0 Å². The van der Waals surface area contributed by atoms with Crippen LogP contribution in [0.2, 0.25) is 0 Å². The molecule has 2 aromatic rings. The third kappa shape index (κ3) is 4.19. The minimum atomic E-state index is 0.167. The topological polar surface area (TPSA) is 41.4 Å². The van der Waals surface area contributed by atoms with Crippen molar-refractivity contribution in [1.82, 2.24) is 19.4 Å². The lowest BCUT2D eigenvalue weighted by Gasteiger charge is -2.35. The number of carbonyl (C=O) groups is 1. The second-order valence-electron chi connectivity index (χ2n) is 5.86. The van der Waals surface area contributed by atoms with Gasteiger partial charge < -0.3 is 9.47 Å². The second kappa shape index (κ2) is 8.35. The Balaban J connectivity index is 1.53. The average molecular weight is 344 g/mol. The van der Waals surface area contributed by atoms with E-state index in [-0.39, 0.29) is 5.91 Å². The van der Waals surface area contributed by atoms with Crippen molar-refractivity contribution in [3.63, 3.8) is 0 Å². The number of amides is 1. The molecule has 0 spiro atoms. The monoisotopic (exact) mass is 344 g/mol. The molecule has 5 nitrogen and oxygen atoms in total. The van der Waals surface area contributed by atoms with Gasteiger partial charge >= 0.3 is 0 Å². The number of rotatable bonds is 6. The predicted octanol–water partition coefficient (Wildman–Crippen LogP) is 2.45. The number of hydrogen-bond acceptors (Lipinski definition) is 4. The van der Waals surface area contributed by atoms with Crippen LogP contribution < -0.4 is 0 Å². The molecular weight excluding hydrogens is 320 g/mol. The van der Waals surface area contributed by atoms with E-state index in [0.29, 0.717) is 0 Å². The number of imidazole rings is 1. The highest BCUT2D eigenvalue weighted by atomic mass is 32.2. The summed E-state index contributed by atoms with van der Waals surface area (Å²) in [6.45, 7) is 7.53. The van der Waals surface area contributed by atoms with Crippen LogP contribution in [0.25, 0.3) is 0 Å². The summed E-state index contributed by atoms with van der Waals surface area (Å²) in [5, 5.41) is 0. The Kier molecular flexibility index (Phi) is 5.93. The summed E-state index contributed by atoms with van der Waals surface area (Å²) in [4.78, 5) is 22.4. The largest absolute Gasteiger partial charge is 0.336 e. The summed E-state index contributed by atoms with van der Waals surface area (Å²) in [7, 11) is 0. The van der Waals surface area contributed by atoms with Crippen molar-refractivity contribution in [3.8, 4) is 0 Å². The van der Waals surface area contributed by atoms with Crippen molar-refractivity contribution in [2.45, 2.75) is 18.4 Å². The fraction of sp³-hybridized carbons (Fsp3) is 0.444. The van der Waals surface area contributed by atoms with Crippen molar-refractivity contribution in [1.29, 1.82) is 0 Å². The van der Waals surface area contributed by atoms with Gasteiger partial charge in [-0.15, -0.1) is 11.8 Å². The molecule has 1 saturated heterocycles. The molecule has 0 saturated carbocycles. The Bertz CT molecular complexity index is 651. The molecule has 0 N–H and O–H groups in total. The maximum atomic E-state index is 12.8. The molecule has 24 heavy (non-hydrogen) atoms. The lowest BCUT2D eigenvalue weighted by molar-refractivity contribution is 0.0630. The normalized spacial score (nSPS) is 15.6. The lowest BCUT2D eigenvalue weighted by Crippen LogP contribution is -2.49. The van der Waals surface area contributed by atoms with E-state index in [1.807, 2.05) is 47.9 Å². The molecule has 2 heterocycles. The molecule has 0 unspecified atom stereocenters. The first-order valence-electron chi connectivity index (χ1n) is 8.47. The molecule has 0 radical (unpaired) electrons. The molecule has 128 valence electrons. The summed E-state index contributed by atoms with van der Waals surface area (Å²) in [5.74, 6) is 1.15. The van der Waals surface area contributed by atoms with Crippen molar-refractivity contribution in [2.75, 3.05) is 38.5 Å². The fourth-order valence-corrected chi connectivity index (χ4v) is 3.74. The van der Waals surface area contributed by atoms with Crippen LogP contribution in [0, 0.1) is 0 Å². The van der Waals surface area contributed by atoms with Gasteiger partial charge in [-0.1, -0.05) is 19.1 Å². The van der Waals surface area contributed by atoms with Crippen LogP contribution in [0.15, 0.2) is 47.9 Å². The van der Waals surface area contributed by atoms with Crippen LogP contribution in [0.1, 0.15) is 17.3 Å². The van der Waals surface area contributed by atoms with Gasteiger partial charge in [-0.25, -0.2) is 4.98 Å². The number of benzene rings is 1. The third-order valence-electron chi connectivity index (χ3n) is 4.31. The molecule has 1 fully saturated rings. The first-order chi connectivity index (χ1) is 11.8. The Morgan fingerprint density at radius 2 is 1.96 bits per heavy atom. The van der Waals surface area contributed by atoms with E-state index in [0.717, 1.165) is 55.5 Å². The zero-order valence-corrected chi connectivity index (χ0v) is 14.9. The Morgan fingerprint density at radius 1 is 1.17 bits per heavy atom. The number of hydrogen-bond donors (Lipinski definition) is 0. The van der Waals surface area contributed by atoms with Crippen LogP contribution in [-0.2, 0) is 6.54 Å². The van der Waals surface area contributed by atoms with Crippen LogP contribution in [0.5, 0.6) is 0 Å². The summed E-state index contributed by atoms with van der Waals surface area (Å²) < 4.78 is 2.09. The second-order valence-corrected chi connectivity index (χ2v) is 7.17. The minimum absolute atomic E-state index is 0.167. The molecule has 1 aromatic heterocycles. The van der Waals surface area contributed by atoms with E-state index in [1.165, 1.54) is 0 Å². The van der Waals surface area contributed by atoms with Gasteiger partial charge in [-0.3, -0.25) is 9.69 Å². The highest BCUT2D eigenvalue weighted by Crippen LogP contribution is 2.23. The smallest absolute Gasteiger partial charge is 0.255 e. The SMILES string of the molecule is CCSc1ccccc1C(=O)N1CCN(CCn2ccnc2)CC1. The van der Waals surface area contributed by atoms with Gasteiger partial charge in [0.1, 0.15) is 0 Å². The van der Waals surface area contributed by atoms with E-state index in [1.54, 1.807) is 11.8 Å². The number of thioether (sulfide) groups is 1. The summed E-state index contributed by atoms with van der Waals surface area (Å²) >= 11 is 1.73. The quantitative estimate of drug-likeness (QED) is 0.755. The zero-order valence-electron chi connectivity index (χ0n) is 14.1. The van der Waals surface area contributed by atoms with Crippen LogP contribution in [0.3, 0.4) is 0 Å². The molecule has 0 atom stereocenters. The molecule has 3 rings (SSSR count). The average Bonchev–Trinajstić information content (AvgIpc) is 3.14. The van der Waals surface area contributed by atoms with Gasteiger partial charge in [0.15, 0.2) is 0 Å². The van der Waals surface area contributed by atoms with Gasteiger partial charge in [0.05, 0.1) is 11.9 Å². The van der Waals surface area contributed by atoms with Crippen LogP contribution >= 0.6 is 11.8 Å². The van der Waals surface area contributed by atoms with Gasteiger partial charge in [-0.05, 0) is 17.9 Å². The summed E-state index contributed by atoms with van der Waals surface area (Å²) in [5.41, 5.74) is 0.844. The molecule has 1 amide bonds. The van der Waals surface area contributed by atoms with E-state index in [4.69, 9.17) is 0 Å². The number of piperazine rings is 1. The van der Waals surface area contributed by atoms with E-state index in [9.17, 15) is 4.79 Å². The molecule has 6 heteroatoms. The highest BCUT2D eigenvalue weighted by Gasteiger charge is 2.23. The van der Waals surface area contributed by atoms with Crippen molar-refractivity contribution in [2.24, 2.45) is 0 Å². The standard InChI is InChI=1S/C18H24N4OS/c1-2-24-17-6-4-3-5-16(17)18(23)22-13-11-20(12-14-22)9-10-21-8-7-19-15-21/h3-8,15H,2,9-14H2,1H3. The van der Waals surface area contributed by atoms with Crippen molar-refractivity contribution >= 4 is 17.7 Å². The van der Waals surface area contributed by atoms with E-state index in [2.05, 4.69) is 21.4 Å². The summed E-state index contributed by atoms with van der Waals surface area (Å²) in [6, 6.07) is 7.95. The van der Waals surface area contributed by atoms with Crippen molar-refractivity contribution in [3.05, 3.63) is 48.5 Å². The van der Waals surface area contributed by atoms with Gasteiger partial charge in [0.25, 0.3) is 5.91 Å². The van der Waals surface area contributed by atoms with E-state index >= 15 is 0 Å².